The van der Waals surface area contributed by atoms with Gasteiger partial charge in [0.05, 0.1) is 0 Å². The molecule has 6 heteroatoms. The van der Waals surface area contributed by atoms with Crippen LogP contribution in [-0.4, -0.2) is 54.7 Å². The fraction of sp³-hybridized carbons (Fsp3) is 0.692. The number of nitrogens with two attached hydrogens (primary N) is 1. The van der Waals surface area contributed by atoms with Crippen LogP contribution < -0.4 is 15.5 Å². The van der Waals surface area contributed by atoms with E-state index in [0.29, 0.717) is 0 Å². The second-order valence-electron chi connectivity index (χ2n) is 5.19. The topological polar surface area (TPSA) is 58.3 Å². The van der Waals surface area contributed by atoms with Gasteiger partial charge in [0.2, 0.25) is 5.95 Å². The van der Waals surface area contributed by atoms with Crippen molar-refractivity contribution in [3.05, 3.63) is 12.3 Å². The number of anilines is 2. The number of hydrogen-bond donors (Lipinski definition) is 1. The molecule has 106 valence electrons. The van der Waals surface area contributed by atoms with Crippen molar-refractivity contribution in [3.63, 3.8) is 0 Å². The van der Waals surface area contributed by atoms with Gasteiger partial charge in [-0.2, -0.15) is 16.7 Å². The van der Waals surface area contributed by atoms with E-state index < -0.39 is 0 Å². The zero-order chi connectivity index (χ0) is 13.9. The van der Waals surface area contributed by atoms with Crippen molar-refractivity contribution in [2.75, 3.05) is 49.8 Å². The molecule has 1 fully saturated rings. The molecule has 5 nitrogen and oxygen atoms in total. The summed E-state index contributed by atoms with van der Waals surface area (Å²) in [6.45, 7) is 2.79. The molecular formula is C13H23N5S. The molecule has 2 N–H and O–H groups in total. The second-order valence-corrected chi connectivity index (χ2v) is 6.46. The number of hydrogen-bond acceptors (Lipinski definition) is 6. The molecule has 1 aliphatic rings. The zero-order valence-corrected chi connectivity index (χ0v) is 12.8. The van der Waals surface area contributed by atoms with Crippen molar-refractivity contribution < 1.29 is 0 Å². The highest BCUT2D eigenvalue weighted by Crippen LogP contribution is 2.34. The summed E-state index contributed by atoms with van der Waals surface area (Å²) in [6.07, 6.45) is 6.23. The Morgan fingerprint density at radius 1 is 1.42 bits per heavy atom. The zero-order valence-electron chi connectivity index (χ0n) is 12.0. The quantitative estimate of drug-likeness (QED) is 0.895. The summed E-state index contributed by atoms with van der Waals surface area (Å²) < 4.78 is 0.258. The van der Waals surface area contributed by atoms with E-state index in [1.165, 1.54) is 0 Å². The van der Waals surface area contributed by atoms with Gasteiger partial charge in [0.1, 0.15) is 5.82 Å². The molecule has 0 spiro atoms. The molecule has 1 saturated heterocycles. The molecule has 0 amide bonds. The normalized spacial score (nSPS) is 18.4. The van der Waals surface area contributed by atoms with Gasteiger partial charge >= 0.3 is 0 Å². The summed E-state index contributed by atoms with van der Waals surface area (Å²) in [6, 6.07) is 1.99. The molecule has 0 bridgehead atoms. The van der Waals surface area contributed by atoms with Crippen molar-refractivity contribution in [2.45, 2.75) is 17.6 Å². The van der Waals surface area contributed by atoms with Crippen molar-refractivity contribution >= 4 is 23.5 Å². The van der Waals surface area contributed by atoms with E-state index in [1.807, 2.05) is 43.0 Å². The average molecular weight is 281 g/mol. The SMILES string of the molecule is CSC1(CN)CCN(c2ccnc(N(C)C)n2)CC1. The lowest BCUT2D eigenvalue weighted by atomic mass is 9.96. The maximum Gasteiger partial charge on any atom is 0.226 e. The highest BCUT2D eigenvalue weighted by atomic mass is 32.2. The van der Waals surface area contributed by atoms with Crippen molar-refractivity contribution in [1.29, 1.82) is 0 Å². The van der Waals surface area contributed by atoms with E-state index in [4.69, 9.17) is 5.73 Å². The van der Waals surface area contributed by atoms with Crippen molar-refractivity contribution in [2.24, 2.45) is 5.73 Å². The van der Waals surface area contributed by atoms with E-state index in [0.717, 1.165) is 44.2 Å². The number of rotatable bonds is 4. The van der Waals surface area contributed by atoms with Gasteiger partial charge < -0.3 is 15.5 Å². The van der Waals surface area contributed by atoms with Gasteiger partial charge in [-0.15, -0.1) is 0 Å². The lowest BCUT2D eigenvalue weighted by Gasteiger charge is -2.40. The molecule has 2 heterocycles. The molecule has 2 rings (SSSR count). The summed E-state index contributed by atoms with van der Waals surface area (Å²) in [7, 11) is 3.92. The van der Waals surface area contributed by atoms with Gasteiger partial charge in [-0.1, -0.05) is 0 Å². The minimum atomic E-state index is 0.258. The second kappa shape index (κ2) is 5.96. The molecule has 19 heavy (non-hydrogen) atoms. The summed E-state index contributed by atoms with van der Waals surface area (Å²) in [5.41, 5.74) is 5.93. The van der Waals surface area contributed by atoms with E-state index in [2.05, 4.69) is 21.1 Å². The van der Waals surface area contributed by atoms with E-state index >= 15 is 0 Å². The third-order valence-corrected chi connectivity index (χ3v) is 5.27. The van der Waals surface area contributed by atoms with E-state index in [9.17, 15) is 0 Å². The Hall–Kier alpha value is -1.01. The molecule has 0 aliphatic carbocycles. The molecular weight excluding hydrogens is 258 g/mol. The first-order valence-corrected chi connectivity index (χ1v) is 7.83. The molecule has 1 aliphatic heterocycles. The highest BCUT2D eigenvalue weighted by Gasteiger charge is 2.32. The van der Waals surface area contributed by atoms with Gasteiger partial charge in [-0.05, 0) is 25.2 Å². The predicted octanol–water partition coefficient (Wildman–Crippen LogP) is 1.20. The van der Waals surface area contributed by atoms with Gasteiger partial charge in [0.15, 0.2) is 0 Å². The largest absolute Gasteiger partial charge is 0.356 e. The molecule has 0 radical (unpaired) electrons. The summed E-state index contributed by atoms with van der Waals surface area (Å²) in [5.74, 6) is 1.78. The molecule has 0 unspecified atom stereocenters. The number of aromatic nitrogens is 2. The Balaban J connectivity index is 2.07. The molecule has 1 aromatic heterocycles. The van der Waals surface area contributed by atoms with Crippen LogP contribution in [0.15, 0.2) is 12.3 Å². The fourth-order valence-corrected chi connectivity index (χ4v) is 3.12. The monoisotopic (exact) mass is 281 g/mol. The average Bonchev–Trinajstić information content (AvgIpc) is 2.47. The van der Waals surface area contributed by atoms with E-state index in [1.54, 1.807) is 0 Å². The minimum absolute atomic E-state index is 0.258. The maximum atomic E-state index is 5.93. The predicted molar refractivity (Wildman–Crippen MR) is 83.1 cm³/mol. The van der Waals surface area contributed by atoms with Gasteiger partial charge in [0, 0.05) is 44.7 Å². The van der Waals surface area contributed by atoms with Crippen LogP contribution in [0.1, 0.15) is 12.8 Å². The van der Waals surface area contributed by atoms with Crippen LogP contribution in [0.3, 0.4) is 0 Å². The first kappa shape index (κ1) is 14.4. The van der Waals surface area contributed by atoms with Crippen LogP contribution in [0.5, 0.6) is 0 Å². The molecule has 0 atom stereocenters. The van der Waals surface area contributed by atoms with Crippen LogP contribution in [-0.2, 0) is 0 Å². The lowest BCUT2D eigenvalue weighted by Crippen LogP contribution is -2.46. The third-order valence-electron chi connectivity index (χ3n) is 3.83. The Morgan fingerprint density at radius 3 is 2.63 bits per heavy atom. The molecule has 0 saturated carbocycles. The summed E-state index contributed by atoms with van der Waals surface area (Å²) in [5, 5.41) is 0. The van der Waals surface area contributed by atoms with Crippen molar-refractivity contribution in [1.82, 2.24) is 9.97 Å². The van der Waals surface area contributed by atoms with Gasteiger partial charge in [0.25, 0.3) is 0 Å². The highest BCUT2D eigenvalue weighted by molar-refractivity contribution is 8.00. The maximum absolute atomic E-state index is 5.93. The van der Waals surface area contributed by atoms with Gasteiger partial charge in [-0.25, -0.2) is 4.98 Å². The number of nitrogens with zero attached hydrogens (tertiary/aromatic N) is 4. The first-order chi connectivity index (χ1) is 9.10. The third kappa shape index (κ3) is 3.12. The van der Waals surface area contributed by atoms with Crippen molar-refractivity contribution in [3.8, 4) is 0 Å². The van der Waals surface area contributed by atoms with Crippen LogP contribution in [0.4, 0.5) is 11.8 Å². The number of thioether (sulfide) groups is 1. The summed E-state index contributed by atoms with van der Waals surface area (Å²) >= 11 is 1.91. The number of piperidine rings is 1. The Labute approximate surface area is 119 Å². The van der Waals surface area contributed by atoms with Gasteiger partial charge in [-0.3, -0.25) is 0 Å². The molecule has 0 aromatic carbocycles. The van der Waals surface area contributed by atoms with Crippen LogP contribution in [0, 0.1) is 0 Å². The Kier molecular flexibility index (Phi) is 4.52. The van der Waals surface area contributed by atoms with Crippen LogP contribution >= 0.6 is 11.8 Å². The standard InChI is InChI=1S/C13H23N5S/c1-17(2)12-15-7-4-11(16-12)18-8-5-13(10-14,19-3)6-9-18/h4,7H,5-6,8-10,14H2,1-3H3. The smallest absolute Gasteiger partial charge is 0.226 e. The summed E-state index contributed by atoms with van der Waals surface area (Å²) in [4.78, 5) is 13.1. The van der Waals surface area contributed by atoms with Crippen LogP contribution in [0.2, 0.25) is 0 Å². The lowest BCUT2D eigenvalue weighted by molar-refractivity contribution is 0.455. The fourth-order valence-electron chi connectivity index (χ4n) is 2.37. The molecule has 1 aromatic rings. The van der Waals surface area contributed by atoms with Crippen LogP contribution in [0.25, 0.3) is 0 Å². The minimum Gasteiger partial charge on any atom is -0.356 e. The van der Waals surface area contributed by atoms with E-state index in [-0.39, 0.29) is 4.75 Å². The first-order valence-electron chi connectivity index (χ1n) is 6.61. The Bertz CT molecular complexity index is 409. The Morgan fingerprint density at radius 2 is 2.11 bits per heavy atom.